The van der Waals surface area contributed by atoms with Crippen molar-refractivity contribution in [2.75, 3.05) is 7.11 Å². The summed E-state index contributed by atoms with van der Waals surface area (Å²) >= 11 is 6.58. The fourth-order valence-corrected chi connectivity index (χ4v) is 5.36. The molecule has 174 valence electrons. The van der Waals surface area contributed by atoms with Gasteiger partial charge in [0, 0.05) is 0 Å². The normalized spacial score (nSPS) is 15.1. The number of carbonyl (C=O) groups is 1. The van der Waals surface area contributed by atoms with Gasteiger partial charge in [-0.1, -0.05) is 60.4 Å². The zero-order valence-corrected chi connectivity index (χ0v) is 20.3. The molecule has 0 atom stereocenters. The maximum atomic E-state index is 13.1. The maximum Gasteiger partial charge on any atom is 0.339 e. The molecule has 6 nitrogen and oxygen atoms in total. The van der Waals surface area contributed by atoms with E-state index < -0.39 is 15.9 Å². The maximum absolute atomic E-state index is 13.1. The van der Waals surface area contributed by atoms with E-state index in [1.165, 1.54) is 29.8 Å². The smallest absolute Gasteiger partial charge is 0.339 e. The Bertz CT molecular complexity index is 1370. The monoisotopic (exact) mass is 515 g/mol. The minimum absolute atomic E-state index is 0.0411. The Kier molecular flexibility index (Phi) is 7.01. The van der Waals surface area contributed by atoms with Crippen molar-refractivity contribution in [2.45, 2.75) is 11.4 Å². The summed E-state index contributed by atoms with van der Waals surface area (Å²) in [5.41, 5.74) is 1.56. The van der Waals surface area contributed by atoms with Gasteiger partial charge in [-0.15, -0.1) is 0 Å². The fourth-order valence-electron chi connectivity index (χ4n) is 3.16. The van der Waals surface area contributed by atoms with Crippen LogP contribution in [-0.2, 0) is 21.5 Å². The molecule has 4 rings (SSSR count). The molecule has 0 radical (unpaired) electrons. The highest BCUT2D eigenvalue weighted by molar-refractivity contribution is 8.26. The van der Waals surface area contributed by atoms with Gasteiger partial charge in [-0.05, 0) is 53.6 Å². The van der Waals surface area contributed by atoms with Crippen LogP contribution in [0.5, 0.6) is 11.5 Å². The summed E-state index contributed by atoms with van der Waals surface area (Å²) in [7, 11) is -2.82. The summed E-state index contributed by atoms with van der Waals surface area (Å²) in [6.45, 7) is 0.375. The number of nitrogens with zero attached hydrogens (tertiary/aromatic N) is 1. The van der Waals surface area contributed by atoms with Gasteiger partial charge in [0.2, 0.25) is 0 Å². The van der Waals surface area contributed by atoms with Crippen LogP contribution >= 0.6 is 24.0 Å². The number of amides is 1. The van der Waals surface area contributed by atoms with Crippen molar-refractivity contribution in [1.82, 2.24) is 4.90 Å². The van der Waals surface area contributed by atoms with Gasteiger partial charge < -0.3 is 8.92 Å². The first-order valence-electron chi connectivity index (χ1n) is 9.94. The van der Waals surface area contributed by atoms with Crippen LogP contribution in [0.2, 0.25) is 0 Å². The van der Waals surface area contributed by atoms with Crippen molar-refractivity contribution in [3.05, 3.63) is 94.6 Å². The SMILES string of the molecule is COc1cc(/C=C2/SC(=S)N(Cc3ccccc3)C2=O)ccc1OS(=O)(=O)c1ccc(F)cc1. The molecule has 0 unspecified atom stereocenters. The topological polar surface area (TPSA) is 72.9 Å². The lowest BCUT2D eigenvalue weighted by Crippen LogP contribution is -2.27. The molecule has 1 aliphatic heterocycles. The van der Waals surface area contributed by atoms with Crippen molar-refractivity contribution in [3.63, 3.8) is 0 Å². The molecule has 0 N–H and O–H groups in total. The van der Waals surface area contributed by atoms with E-state index in [-0.39, 0.29) is 22.3 Å². The quantitative estimate of drug-likeness (QED) is 0.249. The third-order valence-electron chi connectivity index (χ3n) is 4.84. The van der Waals surface area contributed by atoms with Crippen LogP contribution in [0.4, 0.5) is 4.39 Å². The van der Waals surface area contributed by atoms with Crippen molar-refractivity contribution < 1.29 is 26.5 Å². The van der Waals surface area contributed by atoms with Crippen LogP contribution < -0.4 is 8.92 Å². The Hall–Kier alpha value is -3.21. The van der Waals surface area contributed by atoms with Crippen LogP contribution in [0.1, 0.15) is 11.1 Å². The van der Waals surface area contributed by atoms with E-state index in [0.29, 0.717) is 21.3 Å². The number of ether oxygens (including phenoxy) is 1. The molecule has 0 saturated carbocycles. The Labute approximate surface area is 206 Å². The van der Waals surface area contributed by atoms with Crippen molar-refractivity contribution in [3.8, 4) is 11.5 Å². The molecule has 1 fully saturated rings. The van der Waals surface area contributed by atoms with E-state index in [4.69, 9.17) is 21.1 Å². The van der Waals surface area contributed by atoms with Crippen LogP contribution in [0.3, 0.4) is 0 Å². The van der Waals surface area contributed by atoms with E-state index in [1.807, 2.05) is 30.3 Å². The predicted octanol–water partition coefficient (Wildman–Crippen LogP) is 5.00. The Morgan fingerprint density at radius 3 is 2.41 bits per heavy atom. The van der Waals surface area contributed by atoms with E-state index >= 15 is 0 Å². The molecule has 1 aliphatic rings. The van der Waals surface area contributed by atoms with E-state index in [2.05, 4.69) is 0 Å². The van der Waals surface area contributed by atoms with Gasteiger partial charge in [-0.25, -0.2) is 4.39 Å². The Balaban J connectivity index is 1.55. The van der Waals surface area contributed by atoms with Crippen molar-refractivity contribution in [2.24, 2.45) is 0 Å². The molecule has 34 heavy (non-hydrogen) atoms. The summed E-state index contributed by atoms with van der Waals surface area (Å²) in [4.78, 5) is 14.7. The summed E-state index contributed by atoms with van der Waals surface area (Å²) in [6.07, 6.45) is 1.66. The van der Waals surface area contributed by atoms with Crippen LogP contribution in [0.15, 0.2) is 82.6 Å². The highest BCUT2D eigenvalue weighted by atomic mass is 32.2. The Morgan fingerprint density at radius 2 is 1.74 bits per heavy atom. The summed E-state index contributed by atoms with van der Waals surface area (Å²) in [6, 6.07) is 18.4. The Morgan fingerprint density at radius 1 is 1.03 bits per heavy atom. The van der Waals surface area contributed by atoms with Crippen LogP contribution in [0, 0.1) is 5.82 Å². The molecular weight excluding hydrogens is 497 g/mol. The fraction of sp³-hybridized carbons (Fsp3) is 0.0833. The number of methoxy groups -OCH3 is 1. The van der Waals surface area contributed by atoms with Gasteiger partial charge in [0.15, 0.2) is 11.5 Å². The molecule has 3 aromatic rings. The number of carbonyl (C=O) groups excluding carboxylic acids is 1. The number of hydrogen-bond acceptors (Lipinski definition) is 7. The molecule has 1 amide bonds. The lowest BCUT2D eigenvalue weighted by atomic mass is 10.1. The second kappa shape index (κ2) is 9.96. The lowest BCUT2D eigenvalue weighted by molar-refractivity contribution is -0.122. The van der Waals surface area contributed by atoms with Crippen LogP contribution in [0.25, 0.3) is 6.08 Å². The molecule has 0 aliphatic carbocycles. The molecular formula is C24H18FNO5S3. The minimum Gasteiger partial charge on any atom is -0.493 e. The van der Waals surface area contributed by atoms with Gasteiger partial charge in [0.05, 0.1) is 18.6 Å². The van der Waals surface area contributed by atoms with Gasteiger partial charge in [0.1, 0.15) is 15.0 Å². The van der Waals surface area contributed by atoms with Crippen molar-refractivity contribution in [1.29, 1.82) is 0 Å². The zero-order chi connectivity index (χ0) is 24.3. The second-order valence-corrected chi connectivity index (χ2v) is 10.4. The summed E-state index contributed by atoms with van der Waals surface area (Å²) in [5.74, 6) is -0.660. The number of benzene rings is 3. The van der Waals surface area contributed by atoms with Crippen LogP contribution in [-0.4, -0.2) is 30.7 Å². The molecule has 1 heterocycles. The van der Waals surface area contributed by atoms with Crippen molar-refractivity contribution >= 4 is 50.4 Å². The first-order valence-corrected chi connectivity index (χ1v) is 12.6. The number of hydrogen-bond donors (Lipinski definition) is 0. The average molecular weight is 516 g/mol. The summed E-state index contributed by atoms with van der Waals surface area (Å²) in [5, 5.41) is 0. The molecule has 0 aromatic heterocycles. The first kappa shape index (κ1) is 23.9. The van der Waals surface area contributed by atoms with Gasteiger partial charge in [-0.3, -0.25) is 9.69 Å². The second-order valence-electron chi connectivity index (χ2n) is 7.16. The molecule has 10 heteroatoms. The zero-order valence-electron chi connectivity index (χ0n) is 17.8. The number of thiocarbonyl (C=S) groups is 1. The third kappa shape index (κ3) is 5.30. The predicted molar refractivity (Wildman–Crippen MR) is 132 cm³/mol. The number of rotatable bonds is 7. The van der Waals surface area contributed by atoms with Gasteiger partial charge in [-0.2, -0.15) is 8.42 Å². The highest BCUT2D eigenvalue weighted by Gasteiger charge is 2.32. The molecule has 3 aromatic carbocycles. The average Bonchev–Trinajstić information content (AvgIpc) is 3.08. The largest absolute Gasteiger partial charge is 0.493 e. The highest BCUT2D eigenvalue weighted by Crippen LogP contribution is 2.36. The standard InChI is InChI=1S/C24H18FNO5S3/c1-30-21-13-17(7-12-20(21)31-34(28,29)19-10-8-18(25)9-11-19)14-22-23(27)26(24(32)33-22)15-16-5-3-2-4-6-16/h2-14H,15H2,1H3/b22-14+. The molecule has 0 spiro atoms. The lowest BCUT2D eigenvalue weighted by Gasteiger charge is -2.14. The van der Waals surface area contributed by atoms with E-state index in [9.17, 15) is 17.6 Å². The third-order valence-corrected chi connectivity index (χ3v) is 7.47. The van der Waals surface area contributed by atoms with Gasteiger partial charge >= 0.3 is 10.1 Å². The van der Waals surface area contributed by atoms with E-state index in [0.717, 1.165) is 29.8 Å². The molecule has 0 bridgehead atoms. The first-order chi connectivity index (χ1) is 16.3. The number of thioether (sulfide) groups is 1. The number of halogens is 1. The van der Waals surface area contributed by atoms with E-state index in [1.54, 1.807) is 18.2 Å². The molecule has 1 saturated heterocycles. The van der Waals surface area contributed by atoms with Gasteiger partial charge in [0.25, 0.3) is 5.91 Å². The minimum atomic E-state index is -4.20. The summed E-state index contributed by atoms with van der Waals surface area (Å²) < 4.78 is 49.1.